The van der Waals surface area contributed by atoms with Crippen LogP contribution in [0.4, 0.5) is 11.4 Å². The minimum Gasteiger partial charge on any atom is -0.484 e. The average Bonchev–Trinajstić information content (AvgIpc) is 3.60. The quantitative estimate of drug-likeness (QED) is 0.186. The summed E-state index contributed by atoms with van der Waals surface area (Å²) in [5.41, 5.74) is 2.24. The molecule has 4 aromatic carbocycles. The van der Waals surface area contributed by atoms with Gasteiger partial charge in [-0.25, -0.2) is 4.79 Å². The number of hydrogen-bond donors (Lipinski definition) is 4. The van der Waals surface area contributed by atoms with Gasteiger partial charge in [0.05, 0.1) is 16.9 Å². The highest BCUT2D eigenvalue weighted by atomic mass is 79.9. The molecule has 0 aliphatic rings. The van der Waals surface area contributed by atoms with Crippen LogP contribution in [0.1, 0.15) is 10.5 Å². The number of carbonyl (C=O) groups is 2. The predicted octanol–water partition coefficient (Wildman–Crippen LogP) is 5.70. The van der Waals surface area contributed by atoms with E-state index in [4.69, 9.17) is 4.74 Å². The van der Waals surface area contributed by atoms with Crippen LogP contribution < -0.4 is 21.1 Å². The first-order valence-corrected chi connectivity index (χ1v) is 12.9. The maximum atomic E-state index is 13.2. The first kappa shape index (κ1) is 25.1. The molecule has 0 aliphatic carbocycles. The smallest absolute Gasteiger partial charge is 0.439 e. The summed E-state index contributed by atoms with van der Waals surface area (Å²) in [5.74, 6) is -0.716. The Kier molecular flexibility index (Phi) is 6.62. The Bertz CT molecular complexity index is 1960. The molecule has 2 aromatic heterocycles. The molecule has 0 radical (unpaired) electrons. The van der Waals surface area contributed by atoms with Crippen LogP contribution in [-0.2, 0) is 4.79 Å². The van der Waals surface area contributed by atoms with Crippen LogP contribution in [0, 0.1) is 0 Å². The lowest BCUT2D eigenvalue weighted by Gasteiger charge is -2.10. The molecule has 2 amide bonds. The summed E-state index contributed by atoms with van der Waals surface area (Å²) < 4.78 is 11.0. The Morgan fingerprint density at radius 1 is 0.850 bits per heavy atom. The summed E-state index contributed by atoms with van der Waals surface area (Å²) in [6.07, 6.45) is 0. The van der Waals surface area contributed by atoms with E-state index in [0.29, 0.717) is 28.2 Å². The fourth-order valence-corrected chi connectivity index (χ4v) is 4.69. The number of halogens is 1. The number of rotatable bonds is 7. The third-order valence-electron chi connectivity index (χ3n) is 6.19. The van der Waals surface area contributed by atoms with E-state index in [-0.39, 0.29) is 24.0 Å². The molecule has 6 aromatic rings. The number of H-pyrrole nitrogens is 2. The number of amides is 2. The van der Waals surface area contributed by atoms with Gasteiger partial charge in [-0.05, 0) is 53.2 Å². The summed E-state index contributed by atoms with van der Waals surface area (Å²) in [6, 6.07) is 25.7. The number of hydrogen-bond acceptors (Lipinski definition) is 6. The number of fused-ring (bicyclic) bond motifs is 2. The minimum atomic E-state index is -0.708. The summed E-state index contributed by atoms with van der Waals surface area (Å²) >= 11 is 3.38. The lowest BCUT2D eigenvalue weighted by atomic mass is 10.1. The highest BCUT2D eigenvalue weighted by Crippen LogP contribution is 2.30. The molecule has 11 heteroatoms. The number of nitrogens with one attached hydrogen (secondary N) is 4. The van der Waals surface area contributed by atoms with Gasteiger partial charge in [-0.2, -0.15) is 0 Å². The summed E-state index contributed by atoms with van der Waals surface area (Å²) in [7, 11) is 0. The van der Waals surface area contributed by atoms with Gasteiger partial charge in [-0.1, -0.05) is 63.6 Å². The first-order chi connectivity index (χ1) is 19.4. The Morgan fingerprint density at radius 3 is 2.50 bits per heavy atom. The SMILES string of the molecule is O=C(COc1ccc2ccccc2c1)Nc1cccc2cc(C(=O)Nc3ccc(Br)cc3-c3noc(=O)[nH]3)[nH]c12. The van der Waals surface area contributed by atoms with Crippen molar-refractivity contribution in [1.29, 1.82) is 0 Å². The van der Waals surface area contributed by atoms with Gasteiger partial charge in [0.25, 0.3) is 11.8 Å². The van der Waals surface area contributed by atoms with E-state index in [9.17, 15) is 14.4 Å². The van der Waals surface area contributed by atoms with Crippen molar-refractivity contribution < 1.29 is 18.8 Å². The van der Waals surface area contributed by atoms with Crippen molar-refractivity contribution in [3.05, 3.63) is 106 Å². The lowest BCUT2D eigenvalue weighted by Crippen LogP contribution is -2.20. The Hall–Kier alpha value is -5.16. The molecular weight excluding hydrogens is 578 g/mol. The van der Waals surface area contributed by atoms with Crippen LogP contribution in [-0.4, -0.2) is 33.5 Å². The third kappa shape index (κ3) is 5.22. The van der Waals surface area contributed by atoms with Crippen LogP contribution in [0.5, 0.6) is 5.75 Å². The summed E-state index contributed by atoms with van der Waals surface area (Å²) in [4.78, 5) is 42.9. The number of aromatic nitrogens is 3. The van der Waals surface area contributed by atoms with Gasteiger partial charge in [0.2, 0.25) is 0 Å². The van der Waals surface area contributed by atoms with Gasteiger partial charge in [0.15, 0.2) is 12.4 Å². The number of aromatic amines is 2. The number of anilines is 2. The van der Waals surface area contributed by atoms with Crippen molar-refractivity contribution in [2.24, 2.45) is 0 Å². The zero-order valence-electron chi connectivity index (χ0n) is 20.7. The van der Waals surface area contributed by atoms with Crippen molar-refractivity contribution in [1.82, 2.24) is 15.1 Å². The third-order valence-corrected chi connectivity index (χ3v) is 6.68. The molecular formula is C29H20BrN5O5. The monoisotopic (exact) mass is 597 g/mol. The lowest BCUT2D eigenvalue weighted by molar-refractivity contribution is -0.118. The number of para-hydroxylation sites is 1. The second kappa shape index (κ2) is 10.5. The zero-order chi connectivity index (χ0) is 27.6. The number of nitrogens with zero attached hydrogens (tertiary/aromatic N) is 1. The van der Waals surface area contributed by atoms with Gasteiger partial charge in [-0.3, -0.25) is 19.1 Å². The standard InChI is InChI=1S/C29H20BrN5O5/c30-19-9-11-22(21(14-19)27-34-29(38)40-35-27)33-28(37)24-13-18-6-3-7-23(26(18)32-24)31-25(36)15-39-20-10-8-16-4-1-2-5-17(16)12-20/h1-14,32H,15H2,(H,31,36)(H,33,37)(H,34,35,38). The van der Waals surface area contributed by atoms with E-state index >= 15 is 0 Å². The molecule has 0 fully saturated rings. The molecule has 2 heterocycles. The minimum absolute atomic E-state index is 0.175. The molecule has 6 rings (SSSR count). The van der Waals surface area contributed by atoms with Crippen molar-refractivity contribution in [3.8, 4) is 17.1 Å². The zero-order valence-corrected chi connectivity index (χ0v) is 22.2. The van der Waals surface area contributed by atoms with E-state index in [1.807, 2.05) is 48.5 Å². The number of benzene rings is 4. The molecule has 198 valence electrons. The second-order valence-electron chi connectivity index (χ2n) is 8.89. The Morgan fingerprint density at radius 2 is 1.68 bits per heavy atom. The van der Waals surface area contributed by atoms with Crippen molar-refractivity contribution in [2.45, 2.75) is 0 Å². The topological polar surface area (TPSA) is 142 Å². The Balaban J connectivity index is 1.18. The molecule has 0 saturated heterocycles. The van der Waals surface area contributed by atoms with Gasteiger partial charge < -0.3 is 20.4 Å². The van der Waals surface area contributed by atoms with Crippen LogP contribution in [0.3, 0.4) is 0 Å². The molecule has 0 saturated carbocycles. The van der Waals surface area contributed by atoms with Crippen molar-refractivity contribution >= 4 is 60.8 Å². The predicted molar refractivity (Wildman–Crippen MR) is 155 cm³/mol. The van der Waals surface area contributed by atoms with E-state index in [2.05, 4.69) is 46.2 Å². The van der Waals surface area contributed by atoms with E-state index < -0.39 is 11.7 Å². The molecule has 10 nitrogen and oxygen atoms in total. The molecule has 4 N–H and O–H groups in total. The maximum absolute atomic E-state index is 13.2. The Labute approximate surface area is 234 Å². The summed E-state index contributed by atoms with van der Waals surface area (Å²) in [6.45, 7) is -0.181. The molecule has 0 aliphatic heterocycles. The first-order valence-electron chi connectivity index (χ1n) is 12.1. The molecule has 0 unspecified atom stereocenters. The number of ether oxygens (including phenoxy) is 1. The van der Waals surface area contributed by atoms with Crippen molar-refractivity contribution in [3.63, 3.8) is 0 Å². The molecule has 0 bridgehead atoms. The highest BCUT2D eigenvalue weighted by molar-refractivity contribution is 9.10. The second-order valence-corrected chi connectivity index (χ2v) is 9.80. The molecule has 40 heavy (non-hydrogen) atoms. The normalized spacial score (nSPS) is 11.0. The van der Waals surface area contributed by atoms with Crippen LogP contribution in [0.2, 0.25) is 0 Å². The van der Waals surface area contributed by atoms with Crippen LogP contribution in [0.15, 0.2) is 98.7 Å². The van der Waals surface area contributed by atoms with Gasteiger partial charge in [-0.15, -0.1) is 0 Å². The fraction of sp³-hybridized carbons (Fsp3) is 0.0345. The molecule has 0 atom stereocenters. The van der Waals surface area contributed by atoms with E-state index in [1.165, 1.54) is 0 Å². The fourth-order valence-electron chi connectivity index (χ4n) is 4.33. The average molecular weight is 598 g/mol. The van der Waals surface area contributed by atoms with Gasteiger partial charge >= 0.3 is 5.76 Å². The van der Waals surface area contributed by atoms with Gasteiger partial charge in [0.1, 0.15) is 11.4 Å². The van der Waals surface area contributed by atoms with E-state index in [1.54, 1.807) is 36.4 Å². The summed E-state index contributed by atoms with van der Waals surface area (Å²) in [5, 5.41) is 12.2. The molecule has 0 spiro atoms. The van der Waals surface area contributed by atoms with E-state index in [0.717, 1.165) is 20.6 Å². The largest absolute Gasteiger partial charge is 0.484 e. The number of carbonyl (C=O) groups excluding carboxylic acids is 2. The van der Waals surface area contributed by atoms with Gasteiger partial charge in [0, 0.05) is 15.4 Å². The van der Waals surface area contributed by atoms with Crippen LogP contribution in [0.25, 0.3) is 33.1 Å². The van der Waals surface area contributed by atoms with Crippen molar-refractivity contribution in [2.75, 3.05) is 17.2 Å². The van der Waals surface area contributed by atoms with Crippen LogP contribution >= 0.6 is 15.9 Å². The maximum Gasteiger partial charge on any atom is 0.439 e. The highest BCUT2D eigenvalue weighted by Gasteiger charge is 2.17.